The third-order valence-corrected chi connectivity index (χ3v) is 1.73. The molecule has 0 aliphatic rings. The molecule has 0 radical (unpaired) electrons. The molecule has 1 aromatic rings. The van der Waals surface area contributed by atoms with Crippen LogP contribution in [0.25, 0.3) is 0 Å². The minimum absolute atomic E-state index is 0.0693. The standard InChI is InChI=1S/C8H11N5O2/c1-5(7(9)13-15)12-8(14)6-2-10-4-11-3-6/h2-5,15H,1H3,(H2,9,13)(H,12,14). The van der Waals surface area contributed by atoms with Crippen LogP contribution < -0.4 is 11.1 Å². The number of rotatable bonds is 3. The number of carbonyl (C=O) groups is 1. The van der Waals surface area contributed by atoms with Gasteiger partial charge in [0.15, 0.2) is 5.84 Å². The van der Waals surface area contributed by atoms with Gasteiger partial charge < -0.3 is 16.3 Å². The van der Waals surface area contributed by atoms with Gasteiger partial charge in [0.1, 0.15) is 6.33 Å². The first kappa shape index (κ1) is 10.9. The second kappa shape index (κ2) is 4.89. The van der Waals surface area contributed by atoms with Crippen molar-refractivity contribution in [2.45, 2.75) is 13.0 Å². The second-order valence-electron chi connectivity index (χ2n) is 2.85. The van der Waals surface area contributed by atoms with E-state index in [4.69, 9.17) is 10.9 Å². The van der Waals surface area contributed by atoms with E-state index < -0.39 is 6.04 Å². The molecule has 1 amide bonds. The summed E-state index contributed by atoms with van der Waals surface area (Å²) >= 11 is 0. The Kier molecular flexibility index (Phi) is 3.55. The van der Waals surface area contributed by atoms with Gasteiger partial charge in [0.25, 0.3) is 5.91 Å². The van der Waals surface area contributed by atoms with Gasteiger partial charge in [-0.2, -0.15) is 0 Å². The van der Waals surface area contributed by atoms with E-state index in [9.17, 15) is 4.79 Å². The molecule has 0 aliphatic carbocycles. The molecule has 0 saturated heterocycles. The number of hydrogen-bond acceptors (Lipinski definition) is 5. The lowest BCUT2D eigenvalue weighted by molar-refractivity contribution is 0.0948. The molecular formula is C8H11N5O2. The van der Waals surface area contributed by atoms with Gasteiger partial charge in [-0.15, -0.1) is 0 Å². The van der Waals surface area contributed by atoms with Crippen LogP contribution in [-0.4, -0.2) is 33.0 Å². The van der Waals surface area contributed by atoms with Gasteiger partial charge in [-0.05, 0) is 6.92 Å². The highest BCUT2D eigenvalue weighted by atomic mass is 16.4. The first-order chi connectivity index (χ1) is 7.15. The summed E-state index contributed by atoms with van der Waals surface area (Å²) in [5, 5.41) is 13.7. The molecule has 80 valence electrons. The number of amides is 1. The third-order valence-electron chi connectivity index (χ3n) is 1.73. The van der Waals surface area contributed by atoms with Crippen molar-refractivity contribution in [3.8, 4) is 0 Å². The highest BCUT2D eigenvalue weighted by Gasteiger charge is 2.12. The quantitative estimate of drug-likeness (QED) is 0.265. The maximum atomic E-state index is 11.5. The van der Waals surface area contributed by atoms with Gasteiger partial charge >= 0.3 is 0 Å². The van der Waals surface area contributed by atoms with E-state index in [0.29, 0.717) is 5.56 Å². The predicted octanol–water partition coefficient (Wildman–Crippen LogP) is -0.659. The minimum Gasteiger partial charge on any atom is -0.409 e. The van der Waals surface area contributed by atoms with E-state index in [1.807, 2.05) is 0 Å². The maximum absolute atomic E-state index is 11.5. The molecule has 0 saturated carbocycles. The number of aromatic nitrogens is 2. The molecule has 0 aliphatic heterocycles. The molecule has 1 unspecified atom stereocenters. The average molecular weight is 209 g/mol. The Morgan fingerprint density at radius 2 is 2.20 bits per heavy atom. The van der Waals surface area contributed by atoms with Crippen LogP contribution in [0.2, 0.25) is 0 Å². The topological polar surface area (TPSA) is 113 Å². The molecular weight excluding hydrogens is 198 g/mol. The molecule has 15 heavy (non-hydrogen) atoms. The molecule has 0 bridgehead atoms. The van der Waals surface area contributed by atoms with E-state index in [0.717, 1.165) is 0 Å². The van der Waals surface area contributed by atoms with Crippen molar-refractivity contribution in [3.05, 3.63) is 24.3 Å². The number of carbonyl (C=O) groups excluding carboxylic acids is 1. The molecule has 0 spiro atoms. The zero-order valence-electron chi connectivity index (χ0n) is 8.08. The Morgan fingerprint density at radius 3 is 2.73 bits per heavy atom. The number of nitrogens with two attached hydrogens (primary N) is 1. The fraction of sp³-hybridized carbons (Fsp3) is 0.250. The van der Waals surface area contributed by atoms with E-state index in [-0.39, 0.29) is 11.7 Å². The van der Waals surface area contributed by atoms with Crippen LogP contribution in [0.4, 0.5) is 0 Å². The summed E-state index contributed by atoms with van der Waals surface area (Å²) in [6.07, 6.45) is 4.08. The number of nitrogens with zero attached hydrogens (tertiary/aromatic N) is 3. The van der Waals surface area contributed by atoms with Crippen molar-refractivity contribution in [1.29, 1.82) is 0 Å². The lowest BCUT2D eigenvalue weighted by Crippen LogP contribution is -2.42. The minimum atomic E-state index is -0.553. The Hall–Kier alpha value is -2.18. The van der Waals surface area contributed by atoms with Gasteiger partial charge in [-0.1, -0.05) is 5.16 Å². The first-order valence-corrected chi connectivity index (χ1v) is 4.18. The van der Waals surface area contributed by atoms with Crippen LogP contribution in [0.15, 0.2) is 23.9 Å². The molecule has 1 heterocycles. The smallest absolute Gasteiger partial charge is 0.254 e. The largest absolute Gasteiger partial charge is 0.409 e. The summed E-state index contributed by atoms with van der Waals surface area (Å²) in [5.41, 5.74) is 5.61. The molecule has 1 aromatic heterocycles. The second-order valence-corrected chi connectivity index (χ2v) is 2.85. The van der Waals surface area contributed by atoms with Crippen molar-refractivity contribution in [2.75, 3.05) is 0 Å². The Labute approximate surface area is 86.0 Å². The van der Waals surface area contributed by atoms with Crippen LogP contribution in [0, 0.1) is 0 Å². The molecule has 4 N–H and O–H groups in total. The van der Waals surface area contributed by atoms with E-state index in [1.165, 1.54) is 18.7 Å². The van der Waals surface area contributed by atoms with Crippen LogP contribution in [-0.2, 0) is 0 Å². The van der Waals surface area contributed by atoms with Crippen molar-refractivity contribution in [2.24, 2.45) is 10.9 Å². The maximum Gasteiger partial charge on any atom is 0.254 e. The summed E-state index contributed by atoms with van der Waals surface area (Å²) in [6, 6.07) is -0.553. The lowest BCUT2D eigenvalue weighted by atomic mass is 10.2. The van der Waals surface area contributed by atoms with Gasteiger partial charge in [0, 0.05) is 12.4 Å². The zero-order valence-corrected chi connectivity index (χ0v) is 8.08. The molecule has 7 heteroatoms. The number of oxime groups is 1. The molecule has 0 fully saturated rings. The zero-order chi connectivity index (χ0) is 11.3. The summed E-state index contributed by atoms with van der Waals surface area (Å²) < 4.78 is 0. The number of hydrogen-bond donors (Lipinski definition) is 3. The highest BCUT2D eigenvalue weighted by molar-refractivity contribution is 5.97. The van der Waals surface area contributed by atoms with Crippen LogP contribution in [0.3, 0.4) is 0 Å². The highest BCUT2D eigenvalue weighted by Crippen LogP contribution is 1.94. The van der Waals surface area contributed by atoms with E-state index in [1.54, 1.807) is 6.92 Å². The Bertz CT molecular complexity index is 365. The third kappa shape index (κ3) is 2.90. The van der Waals surface area contributed by atoms with Gasteiger partial charge in [0.05, 0.1) is 11.6 Å². The fourth-order valence-corrected chi connectivity index (χ4v) is 0.857. The summed E-state index contributed by atoms with van der Waals surface area (Å²) in [5.74, 6) is -0.449. The Morgan fingerprint density at radius 1 is 1.60 bits per heavy atom. The van der Waals surface area contributed by atoms with Gasteiger partial charge in [-0.25, -0.2) is 9.97 Å². The summed E-state index contributed by atoms with van der Waals surface area (Å²) in [6.45, 7) is 1.59. The summed E-state index contributed by atoms with van der Waals surface area (Å²) in [4.78, 5) is 18.9. The molecule has 1 atom stereocenters. The monoisotopic (exact) mass is 209 g/mol. The van der Waals surface area contributed by atoms with Crippen LogP contribution >= 0.6 is 0 Å². The van der Waals surface area contributed by atoms with E-state index in [2.05, 4.69) is 20.4 Å². The van der Waals surface area contributed by atoms with Crippen molar-refractivity contribution in [1.82, 2.24) is 15.3 Å². The van der Waals surface area contributed by atoms with Crippen LogP contribution in [0.1, 0.15) is 17.3 Å². The fourth-order valence-electron chi connectivity index (χ4n) is 0.857. The number of amidine groups is 1. The van der Waals surface area contributed by atoms with Crippen LogP contribution in [0.5, 0.6) is 0 Å². The number of nitrogens with one attached hydrogen (secondary N) is 1. The predicted molar refractivity (Wildman–Crippen MR) is 52.4 cm³/mol. The lowest BCUT2D eigenvalue weighted by Gasteiger charge is -2.11. The average Bonchev–Trinajstić information content (AvgIpc) is 2.29. The molecule has 1 rings (SSSR count). The Balaban J connectivity index is 2.65. The molecule has 0 aromatic carbocycles. The van der Waals surface area contributed by atoms with E-state index >= 15 is 0 Å². The van der Waals surface area contributed by atoms with Crippen molar-refractivity contribution < 1.29 is 10.0 Å². The van der Waals surface area contributed by atoms with Gasteiger partial charge in [0.2, 0.25) is 0 Å². The van der Waals surface area contributed by atoms with Crippen molar-refractivity contribution in [3.63, 3.8) is 0 Å². The summed E-state index contributed by atoms with van der Waals surface area (Å²) in [7, 11) is 0. The molecule has 7 nitrogen and oxygen atoms in total. The van der Waals surface area contributed by atoms with Gasteiger partial charge in [-0.3, -0.25) is 4.79 Å². The SMILES string of the molecule is CC(NC(=O)c1cncnc1)C(N)=NO. The van der Waals surface area contributed by atoms with Crippen molar-refractivity contribution >= 4 is 11.7 Å². The first-order valence-electron chi connectivity index (χ1n) is 4.18. The normalized spacial score (nSPS) is 13.3.